The van der Waals surface area contributed by atoms with Crippen LogP contribution in [0, 0.1) is 45.9 Å². The average Bonchev–Trinajstić information content (AvgIpc) is 2.74. The minimum absolute atomic E-state index is 0.163. The van der Waals surface area contributed by atoms with E-state index in [-0.39, 0.29) is 45.2 Å². The summed E-state index contributed by atoms with van der Waals surface area (Å²) in [6.45, 7) is 0. The van der Waals surface area contributed by atoms with E-state index >= 15 is 17.6 Å². The van der Waals surface area contributed by atoms with Crippen molar-refractivity contribution < 1.29 is 17.6 Å². The number of hydrogen-bond donors (Lipinski definition) is 0. The fourth-order valence-electron chi connectivity index (χ4n) is 16.5. The second kappa shape index (κ2) is 14.4. The van der Waals surface area contributed by atoms with Crippen LogP contribution in [0.4, 0.5) is 17.6 Å². The van der Waals surface area contributed by atoms with Gasteiger partial charge in [-0.2, -0.15) is 10.5 Å². The van der Waals surface area contributed by atoms with E-state index in [9.17, 15) is 10.5 Å². The summed E-state index contributed by atoms with van der Waals surface area (Å²) in [5, 5.41) is 25.7. The number of rotatable bonds is 2. The van der Waals surface area contributed by atoms with Gasteiger partial charge >= 0.3 is 0 Å². The number of nitriles is 2. The second-order valence-electron chi connectivity index (χ2n) is 22.2. The van der Waals surface area contributed by atoms with Gasteiger partial charge in [0.15, 0.2) is 0 Å². The molecule has 0 unspecified atom stereocenters. The standard InChI is InChI=1S/C72H34F4N4/c73-45-29-47(75)61-67-53(33-15-3-1-4-16-33)69-68(62-48(76)30-46(74)60-63-49(79(69)72(60)62)27-35(31-77)51-55-37-19-7-11-23-41(37)57(65(51)63)42-24-12-8-20-38(42)55)54(34-17-5-2-6-18-34)70(67)80-50-28-36(32-78)52-56-39-21-9-13-25-43(39)58(44-26-14-10-22-40(44)56)66(52)64(50)59(45)71(61)80/h1-30,55-58H. The molecule has 0 amide bonds. The SMILES string of the molecule is N#Cc1cc2c(c3c1C1c4ccccc4C3c3ccccc31)c1c(F)cc(F)c3c4c(-c5ccccc5)c5c(c(-c6ccccc6)c4n2c13)c1c(F)cc(F)c2c3c4c(c(C#N)cc3n5c21)C1c2ccccc2C4c2ccccc21. The molecule has 4 nitrogen and oxygen atoms in total. The van der Waals surface area contributed by atoms with Gasteiger partial charge in [-0.15, -0.1) is 0 Å². The second-order valence-corrected chi connectivity index (χ2v) is 22.2. The summed E-state index contributed by atoms with van der Waals surface area (Å²) in [6.07, 6.45) is 0. The summed E-state index contributed by atoms with van der Waals surface area (Å²) in [5.41, 5.74) is 17.8. The molecule has 0 spiro atoms. The van der Waals surface area contributed by atoms with Crippen LogP contribution in [0.5, 0.6) is 0 Å². The maximum absolute atomic E-state index is 18.2. The zero-order valence-electron chi connectivity index (χ0n) is 41.9. The molecular weight excluding hydrogens is 997 g/mol. The molecule has 11 aromatic carbocycles. The molecule has 4 aromatic heterocycles. The molecule has 0 fully saturated rings. The van der Waals surface area contributed by atoms with Gasteiger partial charge < -0.3 is 8.80 Å². The fraction of sp³-hybridized carbons (Fsp3) is 0.0556. The minimum Gasteiger partial charge on any atom is -0.307 e. The molecule has 4 bridgehead atoms. The number of halogens is 4. The van der Waals surface area contributed by atoms with E-state index in [0.29, 0.717) is 88.0 Å². The minimum atomic E-state index is -0.787. The van der Waals surface area contributed by atoms with Gasteiger partial charge in [0.2, 0.25) is 0 Å². The van der Waals surface area contributed by atoms with E-state index in [2.05, 4.69) is 60.7 Å². The molecule has 0 aliphatic heterocycles. The van der Waals surface area contributed by atoms with Crippen molar-refractivity contribution in [3.63, 3.8) is 0 Å². The summed E-state index contributed by atoms with van der Waals surface area (Å²) >= 11 is 0. The van der Waals surface area contributed by atoms with Crippen LogP contribution in [-0.2, 0) is 0 Å². The lowest BCUT2D eigenvalue weighted by Gasteiger charge is -2.43. The molecule has 0 atom stereocenters. The lowest BCUT2D eigenvalue weighted by atomic mass is 9.59. The summed E-state index contributed by atoms with van der Waals surface area (Å²) in [6, 6.07) is 63.2. The van der Waals surface area contributed by atoms with Gasteiger partial charge in [-0.05, 0) is 90.0 Å². The Kier molecular flexibility index (Phi) is 7.72. The molecule has 0 saturated heterocycles. The zero-order valence-corrected chi connectivity index (χ0v) is 41.9. The van der Waals surface area contributed by atoms with Gasteiger partial charge in [-0.1, -0.05) is 158 Å². The Morgan fingerprint density at radius 3 is 0.875 bits per heavy atom. The summed E-state index contributed by atoms with van der Waals surface area (Å²) in [7, 11) is 0. The van der Waals surface area contributed by atoms with Gasteiger partial charge in [-0.25, -0.2) is 17.6 Å². The quantitative estimate of drug-likeness (QED) is 0.162. The Morgan fingerprint density at radius 2 is 0.575 bits per heavy atom. The van der Waals surface area contributed by atoms with Crippen molar-refractivity contribution in [1.29, 1.82) is 10.5 Å². The monoisotopic (exact) mass is 1030 g/mol. The van der Waals surface area contributed by atoms with Crippen molar-refractivity contribution in [3.8, 4) is 34.4 Å². The van der Waals surface area contributed by atoms with Crippen molar-refractivity contribution in [3.05, 3.63) is 283 Å². The molecule has 6 aliphatic carbocycles. The lowest BCUT2D eigenvalue weighted by Crippen LogP contribution is -2.28. The first-order valence-electron chi connectivity index (χ1n) is 26.9. The number of nitrogens with zero attached hydrogens (tertiary/aromatic N) is 4. The van der Waals surface area contributed by atoms with E-state index in [0.717, 1.165) is 78.9 Å². The summed E-state index contributed by atoms with van der Waals surface area (Å²) in [5.74, 6) is -4.43. The maximum Gasteiger partial charge on any atom is 0.136 e. The largest absolute Gasteiger partial charge is 0.307 e. The molecule has 6 aliphatic rings. The van der Waals surface area contributed by atoms with Gasteiger partial charge in [-0.3, -0.25) is 0 Å². The van der Waals surface area contributed by atoms with Crippen LogP contribution in [0.3, 0.4) is 0 Å². The fourth-order valence-corrected chi connectivity index (χ4v) is 16.5. The van der Waals surface area contributed by atoms with E-state index < -0.39 is 23.3 Å². The molecule has 0 saturated carbocycles. The van der Waals surface area contributed by atoms with E-state index in [1.165, 1.54) is 0 Å². The van der Waals surface area contributed by atoms with Crippen molar-refractivity contribution in [1.82, 2.24) is 8.80 Å². The van der Waals surface area contributed by atoms with Crippen LogP contribution in [0.25, 0.3) is 98.4 Å². The molecule has 4 heterocycles. The van der Waals surface area contributed by atoms with Gasteiger partial charge in [0, 0.05) is 90.0 Å². The third-order valence-electron chi connectivity index (χ3n) is 19.0. The van der Waals surface area contributed by atoms with Crippen LogP contribution < -0.4 is 0 Å². The first-order valence-corrected chi connectivity index (χ1v) is 26.9. The third kappa shape index (κ3) is 4.68. The molecule has 80 heavy (non-hydrogen) atoms. The van der Waals surface area contributed by atoms with Gasteiger partial charge in [0.1, 0.15) is 23.3 Å². The zero-order chi connectivity index (χ0) is 52.9. The van der Waals surface area contributed by atoms with Gasteiger partial charge in [0.05, 0.1) is 56.4 Å². The third-order valence-corrected chi connectivity index (χ3v) is 19.0. The Balaban J connectivity index is 1.08. The van der Waals surface area contributed by atoms with Crippen LogP contribution in [0.2, 0.25) is 0 Å². The highest BCUT2D eigenvalue weighted by Gasteiger charge is 2.47. The van der Waals surface area contributed by atoms with E-state index in [1.807, 2.05) is 130 Å². The van der Waals surface area contributed by atoms with Crippen LogP contribution in [0.15, 0.2) is 182 Å². The van der Waals surface area contributed by atoms with Crippen LogP contribution >= 0.6 is 0 Å². The van der Waals surface area contributed by atoms with Gasteiger partial charge in [0.25, 0.3) is 0 Å². The molecule has 8 heteroatoms. The molecule has 0 N–H and O–H groups in total. The summed E-state index contributed by atoms with van der Waals surface area (Å²) < 4.78 is 76.0. The topological polar surface area (TPSA) is 56.4 Å². The Bertz CT molecular complexity index is 5090. The normalized spacial score (nSPS) is 17.2. The number of benzene rings is 11. The molecular formula is C72H34F4N4. The highest BCUT2D eigenvalue weighted by Crippen LogP contribution is 2.64. The lowest BCUT2D eigenvalue weighted by molar-refractivity contribution is 0.599. The van der Waals surface area contributed by atoms with E-state index in [1.54, 1.807) is 0 Å². The van der Waals surface area contributed by atoms with Crippen molar-refractivity contribution in [2.75, 3.05) is 0 Å². The van der Waals surface area contributed by atoms with Crippen molar-refractivity contribution in [2.24, 2.45) is 0 Å². The molecule has 0 radical (unpaired) electrons. The smallest absolute Gasteiger partial charge is 0.136 e. The predicted molar refractivity (Wildman–Crippen MR) is 305 cm³/mol. The molecule has 15 aromatic rings. The van der Waals surface area contributed by atoms with Crippen molar-refractivity contribution >= 4 is 76.2 Å². The highest BCUT2D eigenvalue weighted by molar-refractivity contribution is 6.38. The maximum atomic E-state index is 18.2. The van der Waals surface area contributed by atoms with Crippen LogP contribution in [-0.4, -0.2) is 8.80 Å². The van der Waals surface area contributed by atoms with Crippen molar-refractivity contribution in [2.45, 2.75) is 23.7 Å². The Labute approximate surface area is 452 Å². The number of fused-ring (bicyclic) bond motifs is 12. The summed E-state index contributed by atoms with van der Waals surface area (Å²) in [4.78, 5) is 0. The van der Waals surface area contributed by atoms with Crippen LogP contribution in [0.1, 0.15) is 102 Å². The first kappa shape index (κ1) is 42.8. The number of hydrogen-bond acceptors (Lipinski definition) is 2. The Morgan fingerprint density at radius 1 is 0.300 bits per heavy atom. The predicted octanol–water partition coefficient (Wildman–Crippen LogP) is 17.6. The first-order chi connectivity index (χ1) is 39.4. The molecule has 370 valence electrons. The number of aromatic nitrogens is 2. The molecule has 21 rings (SSSR count). The Hall–Kier alpha value is -10.3. The average molecular weight is 1030 g/mol. The van der Waals surface area contributed by atoms with E-state index in [4.69, 9.17) is 0 Å². The highest BCUT2D eigenvalue weighted by atomic mass is 19.1.